The number of H-pyrrole nitrogens is 1. The minimum absolute atomic E-state index is 0.609. The second-order valence-corrected chi connectivity index (χ2v) is 5.95. The van der Waals surface area contributed by atoms with E-state index in [0.717, 1.165) is 22.5 Å². The van der Waals surface area contributed by atoms with E-state index in [1.807, 2.05) is 18.3 Å². The van der Waals surface area contributed by atoms with Crippen LogP contribution in [0.3, 0.4) is 0 Å². The van der Waals surface area contributed by atoms with Gasteiger partial charge in [-0.05, 0) is 42.1 Å². The van der Waals surface area contributed by atoms with Crippen LogP contribution in [0.4, 0.5) is 0 Å². The Bertz CT molecular complexity index is 572. The lowest BCUT2D eigenvalue weighted by Crippen LogP contribution is -2.22. The van der Waals surface area contributed by atoms with Gasteiger partial charge in [-0.3, -0.25) is 0 Å². The molecule has 0 aliphatic heterocycles. The zero-order valence-corrected chi connectivity index (χ0v) is 12.3. The SMILES string of the molecule is CC(C)C(Cn1c(=S)[nH]c2cccnc21)C(C)C. The van der Waals surface area contributed by atoms with Gasteiger partial charge in [0.15, 0.2) is 10.4 Å². The summed E-state index contributed by atoms with van der Waals surface area (Å²) >= 11 is 5.41. The number of nitrogens with zero attached hydrogens (tertiary/aromatic N) is 2. The van der Waals surface area contributed by atoms with E-state index in [2.05, 4.69) is 42.2 Å². The Hall–Kier alpha value is -1.16. The number of pyridine rings is 1. The molecule has 1 N–H and O–H groups in total. The number of fused-ring (bicyclic) bond motifs is 1. The molecule has 0 aliphatic carbocycles. The molecular formula is C14H21N3S. The highest BCUT2D eigenvalue weighted by atomic mass is 32.1. The number of aromatic nitrogens is 3. The number of nitrogens with one attached hydrogen (secondary N) is 1. The van der Waals surface area contributed by atoms with Crippen molar-refractivity contribution in [2.24, 2.45) is 17.8 Å². The van der Waals surface area contributed by atoms with Crippen LogP contribution in [-0.4, -0.2) is 14.5 Å². The van der Waals surface area contributed by atoms with Gasteiger partial charge in [0, 0.05) is 12.7 Å². The highest BCUT2D eigenvalue weighted by Gasteiger charge is 2.19. The van der Waals surface area contributed by atoms with Gasteiger partial charge >= 0.3 is 0 Å². The highest BCUT2D eigenvalue weighted by molar-refractivity contribution is 7.71. The molecule has 3 nitrogen and oxygen atoms in total. The number of imidazole rings is 1. The predicted octanol–water partition coefficient (Wildman–Crippen LogP) is 4.02. The molecule has 2 rings (SSSR count). The quantitative estimate of drug-likeness (QED) is 0.845. The average Bonchev–Trinajstić information content (AvgIpc) is 2.61. The molecule has 0 amide bonds. The molecular weight excluding hydrogens is 242 g/mol. The Morgan fingerprint density at radius 3 is 2.56 bits per heavy atom. The summed E-state index contributed by atoms with van der Waals surface area (Å²) in [5, 5.41) is 0. The molecule has 18 heavy (non-hydrogen) atoms. The van der Waals surface area contributed by atoms with Crippen LogP contribution >= 0.6 is 12.2 Å². The van der Waals surface area contributed by atoms with Crippen LogP contribution in [-0.2, 0) is 6.54 Å². The highest BCUT2D eigenvalue weighted by Crippen LogP contribution is 2.24. The van der Waals surface area contributed by atoms with Gasteiger partial charge in [0.25, 0.3) is 0 Å². The van der Waals surface area contributed by atoms with E-state index in [1.165, 1.54) is 0 Å². The molecule has 0 bridgehead atoms. The monoisotopic (exact) mass is 263 g/mol. The maximum absolute atomic E-state index is 5.41. The smallest absolute Gasteiger partial charge is 0.179 e. The molecule has 0 spiro atoms. The first-order valence-corrected chi connectivity index (χ1v) is 6.95. The van der Waals surface area contributed by atoms with Crippen LogP contribution in [0.1, 0.15) is 27.7 Å². The molecule has 4 heteroatoms. The first kappa shape index (κ1) is 13.3. The van der Waals surface area contributed by atoms with E-state index in [-0.39, 0.29) is 0 Å². The fraction of sp³-hybridized carbons (Fsp3) is 0.571. The lowest BCUT2D eigenvalue weighted by Gasteiger charge is -2.25. The fourth-order valence-corrected chi connectivity index (χ4v) is 2.83. The van der Waals surface area contributed by atoms with Gasteiger partial charge in [-0.1, -0.05) is 27.7 Å². The van der Waals surface area contributed by atoms with Crippen LogP contribution in [0.5, 0.6) is 0 Å². The molecule has 2 heterocycles. The Balaban J connectivity index is 2.42. The van der Waals surface area contributed by atoms with Crippen molar-refractivity contribution in [1.82, 2.24) is 14.5 Å². The molecule has 98 valence electrons. The summed E-state index contributed by atoms with van der Waals surface area (Å²) < 4.78 is 2.91. The topological polar surface area (TPSA) is 33.6 Å². The largest absolute Gasteiger partial charge is 0.329 e. The zero-order chi connectivity index (χ0) is 13.3. The molecule has 0 saturated heterocycles. The maximum Gasteiger partial charge on any atom is 0.179 e. The summed E-state index contributed by atoms with van der Waals surface area (Å²) in [7, 11) is 0. The van der Waals surface area contributed by atoms with Crippen molar-refractivity contribution in [3.63, 3.8) is 0 Å². The summed E-state index contributed by atoms with van der Waals surface area (Å²) in [5.41, 5.74) is 1.99. The Morgan fingerprint density at radius 2 is 1.94 bits per heavy atom. The average molecular weight is 263 g/mol. The Kier molecular flexibility index (Phi) is 3.85. The first-order chi connectivity index (χ1) is 8.50. The van der Waals surface area contributed by atoms with Crippen molar-refractivity contribution in [1.29, 1.82) is 0 Å². The number of hydrogen-bond donors (Lipinski definition) is 1. The van der Waals surface area contributed by atoms with E-state index < -0.39 is 0 Å². The van der Waals surface area contributed by atoms with Gasteiger partial charge in [-0.2, -0.15) is 0 Å². The third kappa shape index (κ3) is 2.48. The van der Waals surface area contributed by atoms with Crippen molar-refractivity contribution in [3.8, 4) is 0 Å². The molecule has 0 aromatic carbocycles. The lowest BCUT2D eigenvalue weighted by molar-refractivity contribution is 0.253. The number of rotatable bonds is 4. The number of aromatic amines is 1. The van der Waals surface area contributed by atoms with Crippen LogP contribution in [0.2, 0.25) is 0 Å². The minimum Gasteiger partial charge on any atom is -0.329 e. The molecule has 0 saturated carbocycles. The standard InChI is InChI=1S/C14H21N3S/c1-9(2)11(10(3)4)8-17-13-12(16-14(17)18)6-5-7-15-13/h5-7,9-11H,8H2,1-4H3,(H,16,18). The van der Waals surface area contributed by atoms with Crippen molar-refractivity contribution < 1.29 is 0 Å². The summed E-state index contributed by atoms with van der Waals surface area (Å²) in [6.45, 7) is 10.0. The maximum atomic E-state index is 5.41. The van der Waals surface area contributed by atoms with Crippen molar-refractivity contribution in [3.05, 3.63) is 23.1 Å². The summed E-state index contributed by atoms with van der Waals surface area (Å²) in [5.74, 6) is 1.89. The summed E-state index contributed by atoms with van der Waals surface area (Å²) in [6.07, 6.45) is 1.82. The van der Waals surface area contributed by atoms with Crippen molar-refractivity contribution in [2.75, 3.05) is 0 Å². The molecule has 2 aromatic rings. The van der Waals surface area contributed by atoms with E-state index in [0.29, 0.717) is 17.8 Å². The van der Waals surface area contributed by atoms with Crippen LogP contribution in [0.25, 0.3) is 11.2 Å². The zero-order valence-electron chi connectivity index (χ0n) is 11.5. The third-order valence-electron chi connectivity index (χ3n) is 3.64. The molecule has 0 unspecified atom stereocenters. The molecule has 0 atom stereocenters. The van der Waals surface area contributed by atoms with Crippen molar-refractivity contribution in [2.45, 2.75) is 34.2 Å². The van der Waals surface area contributed by atoms with Crippen LogP contribution < -0.4 is 0 Å². The number of hydrogen-bond acceptors (Lipinski definition) is 2. The van der Waals surface area contributed by atoms with Crippen molar-refractivity contribution >= 4 is 23.4 Å². The summed E-state index contributed by atoms with van der Waals surface area (Å²) in [6, 6.07) is 3.95. The van der Waals surface area contributed by atoms with E-state index in [4.69, 9.17) is 12.2 Å². The van der Waals surface area contributed by atoms with Gasteiger partial charge in [-0.15, -0.1) is 0 Å². The van der Waals surface area contributed by atoms with Gasteiger partial charge < -0.3 is 9.55 Å². The molecule has 2 aromatic heterocycles. The minimum atomic E-state index is 0.609. The molecule has 0 fully saturated rings. The lowest BCUT2D eigenvalue weighted by atomic mass is 9.85. The molecule has 0 aliphatic rings. The fourth-order valence-electron chi connectivity index (χ4n) is 2.56. The second kappa shape index (κ2) is 5.22. The third-order valence-corrected chi connectivity index (χ3v) is 3.96. The van der Waals surface area contributed by atoms with Crippen LogP contribution in [0, 0.1) is 22.5 Å². The van der Waals surface area contributed by atoms with E-state index in [1.54, 1.807) is 0 Å². The molecule has 0 radical (unpaired) electrons. The van der Waals surface area contributed by atoms with E-state index in [9.17, 15) is 0 Å². The van der Waals surface area contributed by atoms with Gasteiger partial charge in [0.2, 0.25) is 0 Å². The first-order valence-electron chi connectivity index (χ1n) is 6.54. The Labute approximate surface area is 113 Å². The Morgan fingerprint density at radius 1 is 1.28 bits per heavy atom. The van der Waals surface area contributed by atoms with Gasteiger partial charge in [-0.25, -0.2) is 4.98 Å². The van der Waals surface area contributed by atoms with Crippen LogP contribution in [0.15, 0.2) is 18.3 Å². The normalized spacial score (nSPS) is 12.2. The second-order valence-electron chi connectivity index (χ2n) is 5.57. The van der Waals surface area contributed by atoms with E-state index >= 15 is 0 Å². The predicted molar refractivity (Wildman–Crippen MR) is 78.1 cm³/mol. The van der Waals surface area contributed by atoms with Gasteiger partial charge in [0.05, 0.1) is 5.52 Å². The van der Waals surface area contributed by atoms with Gasteiger partial charge in [0.1, 0.15) is 0 Å². The summed E-state index contributed by atoms with van der Waals surface area (Å²) in [4.78, 5) is 7.66.